The molecule has 0 radical (unpaired) electrons. The summed E-state index contributed by atoms with van der Waals surface area (Å²) in [5.41, 5.74) is 5.74. The standard InChI is InChI=1S/C24H23ClFN5OS/c1-13-8-14(2)10-17(9-13)28-22(32)12-33-24-29-23-27-15(3)18(16(4)31(23)30-24)11-19-20(25)6-5-7-21(19)26/h5-10H,11-12H2,1-4H3,(H,28,32). The number of carbonyl (C=O) groups is 1. The fourth-order valence-electron chi connectivity index (χ4n) is 3.76. The Bertz CT molecular complexity index is 1330. The molecule has 2 heterocycles. The third kappa shape index (κ3) is 5.17. The zero-order chi connectivity index (χ0) is 23.7. The lowest BCUT2D eigenvalue weighted by atomic mass is 10.0. The van der Waals surface area contributed by atoms with Gasteiger partial charge in [0.05, 0.1) is 5.75 Å². The van der Waals surface area contributed by atoms with Crippen molar-refractivity contribution in [3.63, 3.8) is 0 Å². The summed E-state index contributed by atoms with van der Waals surface area (Å²) in [6.45, 7) is 7.73. The zero-order valence-electron chi connectivity index (χ0n) is 18.7. The van der Waals surface area contributed by atoms with Gasteiger partial charge >= 0.3 is 0 Å². The molecule has 33 heavy (non-hydrogen) atoms. The number of benzene rings is 2. The van der Waals surface area contributed by atoms with Crippen molar-refractivity contribution in [3.05, 3.63) is 80.9 Å². The van der Waals surface area contributed by atoms with Crippen LogP contribution >= 0.6 is 23.4 Å². The van der Waals surface area contributed by atoms with Gasteiger partial charge in [0, 0.05) is 34.1 Å². The van der Waals surface area contributed by atoms with E-state index in [-0.39, 0.29) is 17.5 Å². The molecule has 0 saturated carbocycles. The monoisotopic (exact) mass is 483 g/mol. The van der Waals surface area contributed by atoms with Gasteiger partial charge in [0.2, 0.25) is 11.1 Å². The van der Waals surface area contributed by atoms with E-state index in [2.05, 4.69) is 26.4 Å². The van der Waals surface area contributed by atoms with Crippen molar-refractivity contribution in [2.24, 2.45) is 0 Å². The molecular weight excluding hydrogens is 461 g/mol. The number of hydrogen-bond donors (Lipinski definition) is 1. The molecule has 0 spiro atoms. The number of nitrogens with zero attached hydrogens (tertiary/aromatic N) is 4. The molecule has 1 amide bonds. The van der Waals surface area contributed by atoms with Crippen molar-refractivity contribution < 1.29 is 9.18 Å². The normalized spacial score (nSPS) is 11.2. The van der Waals surface area contributed by atoms with Crippen molar-refractivity contribution in [1.82, 2.24) is 19.6 Å². The molecule has 0 bridgehead atoms. The summed E-state index contributed by atoms with van der Waals surface area (Å²) >= 11 is 7.45. The van der Waals surface area contributed by atoms with Crippen LogP contribution in [0.2, 0.25) is 5.02 Å². The van der Waals surface area contributed by atoms with E-state index in [1.54, 1.807) is 16.6 Å². The van der Waals surface area contributed by atoms with Gasteiger partial charge in [-0.3, -0.25) is 4.79 Å². The van der Waals surface area contributed by atoms with Crippen LogP contribution in [-0.4, -0.2) is 31.2 Å². The van der Waals surface area contributed by atoms with Gasteiger partial charge in [0.25, 0.3) is 5.78 Å². The van der Waals surface area contributed by atoms with Gasteiger partial charge in [-0.15, -0.1) is 5.10 Å². The molecule has 0 atom stereocenters. The van der Waals surface area contributed by atoms with Gasteiger partial charge in [-0.05, 0) is 68.7 Å². The van der Waals surface area contributed by atoms with Gasteiger partial charge in [-0.2, -0.15) is 4.98 Å². The number of thioether (sulfide) groups is 1. The van der Waals surface area contributed by atoms with Crippen LogP contribution in [0.15, 0.2) is 41.6 Å². The molecule has 0 unspecified atom stereocenters. The maximum absolute atomic E-state index is 14.3. The first-order valence-electron chi connectivity index (χ1n) is 10.4. The van der Waals surface area contributed by atoms with Gasteiger partial charge < -0.3 is 5.32 Å². The minimum Gasteiger partial charge on any atom is -0.325 e. The highest BCUT2D eigenvalue weighted by atomic mass is 35.5. The van der Waals surface area contributed by atoms with Gasteiger partial charge in [-0.1, -0.05) is 35.5 Å². The van der Waals surface area contributed by atoms with Gasteiger partial charge in [-0.25, -0.2) is 13.9 Å². The van der Waals surface area contributed by atoms with E-state index in [1.165, 1.54) is 17.8 Å². The molecule has 1 N–H and O–H groups in total. The van der Waals surface area contributed by atoms with Gasteiger partial charge in [0.1, 0.15) is 5.82 Å². The minimum absolute atomic E-state index is 0.139. The number of hydrogen-bond acceptors (Lipinski definition) is 5. The summed E-state index contributed by atoms with van der Waals surface area (Å²) < 4.78 is 15.9. The molecule has 0 aliphatic heterocycles. The fraction of sp³-hybridized carbons (Fsp3) is 0.250. The first kappa shape index (κ1) is 23.2. The third-order valence-electron chi connectivity index (χ3n) is 5.28. The van der Waals surface area contributed by atoms with Crippen LogP contribution < -0.4 is 5.32 Å². The first-order chi connectivity index (χ1) is 15.7. The van der Waals surface area contributed by atoms with Gasteiger partial charge in [0.15, 0.2) is 0 Å². The number of anilines is 1. The molecule has 4 aromatic rings. The van der Waals surface area contributed by atoms with E-state index in [4.69, 9.17) is 11.6 Å². The molecule has 9 heteroatoms. The van der Waals surface area contributed by atoms with Crippen LogP contribution in [0, 0.1) is 33.5 Å². The second kappa shape index (κ2) is 9.49. The summed E-state index contributed by atoms with van der Waals surface area (Å²) in [7, 11) is 0. The zero-order valence-corrected chi connectivity index (χ0v) is 20.3. The lowest BCUT2D eigenvalue weighted by molar-refractivity contribution is -0.113. The summed E-state index contributed by atoms with van der Waals surface area (Å²) in [4.78, 5) is 21.4. The summed E-state index contributed by atoms with van der Waals surface area (Å²) in [5, 5.41) is 8.24. The maximum atomic E-state index is 14.3. The van der Waals surface area contributed by atoms with E-state index >= 15 is 0 Å². The Balaban J connectivity index is 1.52. The van der Waals surface area contributed by atoms with E-state index in [0.29, 0.717) is 27.9 Å². The average molecular weight is 484 g/mol. The number of fused-ring (bicyclic) bond motifs is 1. The Morgan fingerprint density at radius 1 is 1.09 bits per heavy atom. The summed E-state index contributed by atoms with van der Waals surface area (Å²) in [6, 6.07) is 10.6. The van der Waals surface area contributed by atoms with Crippen LogP contribution in [-0.2, 0) is 11.2 Å². The van der Waals surface area contributed by atoms with E-state index in [9.17, 15) is 9.18 Å². The van der Waals surface area contributed by atoms with E-state index in [0.717, 1.165) is 33.8 Å². The van der Waals surface area contributed by atoms with Crippen molar-refractivity contribution in [3.8, 4) is 0 Å². The van der Waals surface area contributed by atoms with E-state index in [1.807, 2.05) is 39.8 Å². The molecule has 170 valence electrons. The molecule has 2 aromatic carbocycles. The molecule has 4 rings (SSSR count). The van der Waals surface area contributed by atoms with Crippen molar-refractivity contribution in [1.29, 1.82) is 0 Å². The lowest BCUT2D eigenvalue weighted by Gasteiger charge is -2.12. The largest absolute Gasteiger partial charge is 0.325 e. The smallest absolute Gasteiger partial charge is 0.253 e. The Morgan fingerprint density at radius 2 is 1.82 bits per heavy atom. The Kier molecular flexibility index (Phi) is 6.67. The number of carbonyl (C=O) groups excluding carboxylic acids is 1. The second-order valence-electron chi connectivity index (χ2n) is 7.96. The Morgan fingerprint density at radius 3 is 2.52 bits per heavy atom. The van der Waals surface area contributed by atoms with Crippen molar-refractivity contribution in [2.45, 2.75) is 39.3 Å². The number of aromatic nitrogens is 4. The number of nitrogens with one attached hydrogen (secondary N) is 1. The Labute approximate surface area is 200 Å². The molecular formula is C24H23ClFN5OS. The summed E-state index contributed by atoms with van der Waals surface area (Å²) in [5.74, 6) is 0.107. The van der Waals surface area contributed by atoms with E-state index < -0.39 is 0 Å². The number of aryl methyl sites for hydroxylation is 4. The predicted octanol–water partition coefficient (Wildman–Crippen LogP) is 5.47. The summed E-state index contributed by atoms with van der Waals surface area (Å²) in [6.07, 6.45) is 0.298. The molecule has 0 aliphatic rings. The fourth-order valence-corrected chi connectivity index (χ4v) is 4.61. The first-order valence-corrected chi connectivity index (χ1v) is 11.7. The molecule has 0 saturated heterocycles. The highest BCUT2D eigenvalue weighted by Gasteiger charge is 2.17. The maximum Gasteiger partial charge on any atom is 0.253 e. The van der Waals surface area contributed by atoms with Crippen LogP contribution in [0.4, 0.5) is 10.1 Å². The molecule has 6 nitrogen and oxygen atoms in total. The lowest BCUT2D eigenvalue weighted by Crippen LogP contribution is -2.14. The highest BCUT2D eigenvalue weighted by molar-refractivity contribution is 7.99. The second-order valence-corrected chi connectivity index (χ2v) is 9.31. The van der Waals surface area contributed by atoms with Crippen molar-refractivity contribution >= 4 is 40.7 Å². The average Bonchev–Trinajstić information content (AvgIpc) is 3.13. The highest BCUT2D eigenvalue weighted by Crippen LogP contribution is 2.26. The number of halogens is 2. The SMILES string of the molecule is Cc1cc(C)cc(NC(=O)CSc2nc3nc(C)c(Cc4c(F)cccc4Cl)c(C)n3n2)c1. The quantitative estimate of drug-likeness (QED) is 0.368. The Hall–Kier alpha value is -2.97. The molecule has 2 aromatic heterocycles. The number of rotatable bonds is 6. The van der Waals surface area contributed by atoms with Crippen LogP contribution in [0.5, 0.6) is 0 Å². The number of amides is 1. The third-order valence-corrected chi connectivity index (χ3v) is 6.47. The molecule has 0 fully saturated rings. The van der Waals surface area contributed by atoms with Crippen LogP contribution in [0.25, 0.3) is 5.78 Å². The minimum atomic E-state index is -0.356. The predicted molar refractivity (Wildman–Crippen MR) is 130 cm³/mol. The molecule has 0 aliphatic carbocycles. The van der Waals surface area contributed by atoms with Crippen LogP contribution in [0.1, 0.15) is 33.6 Å². The topological polar surface area (TPSA) is 72.2 Å². The van der Waals surface area contributed by atoms with Crippen LogP contribution in [0.3, 0.4) is 0 Å². The van der Waals surface area contributed by atoms with Crippen molar-refractivity contribution in [2.75, 3.05) is 11.1 Å².